The molecule has 2 fully saturated rings. The molecule has 0 bridgehead atoms. The van der Waals surface area contributed by atoms with E-state index in [4.69, 9.17) is 0 Å². The molecule has 0 aliphatic carbocycles. The van der Waals surface area contributed by atoms with Crippen molar-refractivity contribution in [1.29, 1.82) is 0 Å². The van der Waals surface area contributed by atoms with E-state index in [1.165, 1.54) is 31.5 Å². The van der Waals surface area contributed by atoms with Crippen LogP contribution in [0.3, 0.4) is 0 Å². The van der Waals surface area contributed by atoms with Crippen molar-refractivity contribution in [3.8, 4) is 0 Å². The van der Waals surface area contributed by atoms with Crippen LogP contribution in [0, 0.1) is 0 Å². The summed E-state index contributed by atoms with van der Waals surface area (Å²) in [7, 11) is -3.32. The molecule has 0 saturated carbocycles. The molecule has 1 aromatic rings. The number of hydrogen-bond acceptors (Lipinski definition) is 6. The molecule has 2 aliphatic rings. The van der Waals surface area contributed by atoms with Crippen molar-refractivity contribution in [2.75, 3.05) is 45.5 Å². The van der Waals surface area contributed by atoms with Gasteiger partial charge < -0.3 is 9.80 Å². The average Bonchev–Trinajstić information content (AvgIpc) is 3.18. The molecule has 3 heterocycles. The third kappa shape index (κ3) is 5.46. The first kappa shape index (κ1) is 20.2. The fraction of sp³-hybridized carbons (Fsp3) is 0.722. The average molecular weight is 396 g/mol. The Balaban J connectivity index is 1.62. The van der Waals surface area contributed by atoms with Crippen LogP contribution >= 0.6 is 0 Å². The van der Waals surface area contributed by atoms with E-state index in [2.05, 4.69) is 15.1 Å². The number of piperidine rings is 1. The Bertz CT molecular complexity index is 722. The summed E-state index contributed by atoms with van der Waals surface area (Å²) < 4.78 is 26.4. The maximum Gasteiger partial charge on any atom is 0.255 e. The molecule has 0 N–H and O–H groups in total. The van der Waals surface area contributed by atoms with Crippen LogP contribution in [-0.4, -0.2) is 90.2 Å². The van der Waals surface area contributed by atoms with Crippen LogP contribution in [0.2, 0.25) is 0 Å². The number of carbonyl (C=O) groups is 1. The molecule has 3 rings (SSSR count). The van der Waals surface area contributed by atoms with Gasteiger partial charge in [-0.15, -0.1) is 0 Å². The molecular formula is C18H29N5O3S. The molecule has 1 atom stereocenters. The van der Waals surface area contributed by atoms with Gasteiger partial charge in [0, 0.05) is 25.7 Å². The predicted molar refractivity (Wildman–Crippen MR) is 103 cm³/mol. The van der Waals surface area contributed by atoms with Gasteiger partial charge in [-0.1, -0.05) is 0 Å². The first-order valence-electron chi connectivity index (χ1n) is 9.70. The van der Waals surface area contributed by atoms with Crippen molar-refractivity contribution in [2.24, 2.45) is 0 Å². The predicted octanol–water partition coefficient (Wildman–Crippen LogP) is 0.829. The molecular weight excluding hydrogens is 366 g/mol. The Labute approximate surface area is 161 Å². The Morgan fingerprint density at radius 1 is 1.22 bits per heavy atom. The first-order valence-corrected chi connectivity index (χ1v) is 11.5. The van der Waals surface area contributed by atoms with Crippen LogP contribution in [0.25, 0.3) is 0 Å². The van der Waals surface area contributed by atoms with Crippen LogP contribution in [0.15, 0.2) is 18.5 Å². The smallest absolute Gasteiger partial charge is 0.255 e. The Morgan fingerprint density at radius 3 is 2.67 bits per heavy atom. The lowest BCUT2D eigenvalue weighted by molar-refractivity contribution is 0.0652. The van der Waals surface area contributed by atoms with Crippen molar-refractivity contribution in [2.45, 2.75) is 38.1 Å². The van der Waals surface area contributed by atoms with Crippen molar-refractivity contribution in [1.82, 2.24) is 24.3 Å². The van der Waals surface area contributed by atoms with Crippen LogP contribution < -0.4 is 0 Å². The van der Waals surface area contributed by atoms with E-state index in [1.807, 2.05) is 0 Å². The minimum absolute atomic E-state index is 0.111. The molecule has 9 heteroatoms. The number of amides is 1. The zero-order chi connectivity index (χ0) is 19.3. The summed E-state index contributed by atoms with van der Waals surface area (Å²) in [4.78, 5) is 16.8. The second-order valence-corrected chi connectivity index (χ2v) is 9.39. The van der Waals surface area contributed by atoms with Crippen molar-refractivity contribution in [3.63, 3.8) is 0 Å². The zero-order valence-electron chi connectivity index (χ0n) is 16.0. The maximum absolute atomic E-state index is 12.7. The van der Waals surface area contributed by atoms with Gasteiger partial charge in [-0.25, -0.2) is 8.42 Å². The number of aromatic nitrogens is 2. The fourth-order valence-electron chi connectivity index (χ4n) is 4.05. The highest BCUT2D eigenvalue weighted by Crippen LogP contribution is 2.21. The molecule has 0 radical (unpaired) electrons. The normalized spacial score (nSPS) is 21.7. The number of sulfonamides is 1. The summed E-state index contributed by atoms with van der Waals surface area (Å²) in [6, 6.07) is 1.48. The summed E-state index contributed by atoms with van der Waals surface area (Å²) in [5.74, 6) is -0.111. The highest BCUT2D eigenvalue weighted by Gasteiger charge is 2.32. The maximum atomic E-state index is 12.7. The summed E-state index contributed by atoms with van der Waals surface area (Å²) >= 11 is 0. The number of carbonyl (C=O) groups excluding carboxylic acids is 1. The molecule has 1 aromatic heterocycles. The van der Waals surface area contributed by atoms with Gasteiger partial charge in [-0.05, 0) is 57.8 Å². The van der Waals surface area contributed by atoms with Crippen LogP contribution in [0.4, 0.5) is 0 Å². The highest BCUT2D eigenvalue weighted by atomic mass is 32.2. The topological polar surface area (TPSA) is 86.7 Å². The highest BCUT2D eigenvalue weighted by molar-refractivity contribution is 7.88. The second-order valence-electron chi connectivity index (χ2n) is 7.45. The molecule has 2 saturated heterocycles. The lowest BCUT2D eigenvalue weighted by atomic mass is 10.0. The van der Waals surface area contributed by atoms with Crippen LogP contribution in [-0.2, 0) is 10.0 Å². The molecule has 150 valence electrons. The number of likely N-dealkylation sites (tertiary alicyclic amines) is 2. The fourth-order valence-corrected chi connectivity index (χ4v) is 5.22. The van der Waals surface area contributed by atoms with E-state index in [0.29, 0.717) is 25.2 Å². The number of rotatable bonds is 7. The van der Waals surface area contributed by atoms with E-state index >= 15 is 0 Å². The van der Waals surface area contributed by atoms with E-state index in [9.17, 15) is 13.2 Å². The van der Waals surface area contributed by atoms with Crippen LogP contribution in [0.5, 0.6) is 0 Å². The first-order chi connectivity index (χ1) is 12.9. The summed E-state index contributed by atoms with van der Waals surface area (Å²) in [5.41, 5.74) is 0.491. The molecule has 0 spiro atoms. The van der Waals surface area contributed by atoms with E-state index in [1.54, 1.807) is 15.3 Å². The second kappa shape index (κ2) is 9.07. The standard InChI is InChI=1S/C18H29N5O3S/c1-27(25,26)23(13-5-11-21-9-2-3-10-21)17-6-4-12-22(15-17)18(24)16-7-8-19-20-14-16/h7-8,14,17H,2-6,9-13,15H2,1H3. The van der Waals surface area contributed by atoms with Crippen LogP contribution in [0.1, 0.15) is 42.5 Å². The van der Waals surface area contributed by atoms with Crippen molar-refractivity contribution >= 4 is 15.9 Å². The minimum Gasteiger partial charge on any atom is -0.337 e. The molecule has 2 aliphatic heterocycles. The third-order valence-electron chi connectivity index (χ3n) is 5.40. The van der Waals surface area contributed by atoms with Crippen molar-refractivity contribution < 1.29 is 13.2 Å². The molecule has 8 nitrogen and oxygen atoms in total. The minimum atomic E-state index is -3.32. The number of hydrogen-bond donors (Lipinski definition) is 0. The van der Waals surface area contributed by atoms with Crippen molar-refractivity contribution in [3.05, 3.63) is 24.0 Å². The van der Waals surface area contributed by atoms with Gasteiger partial charge in [-0.3, -0.25) is 4.79 Å². The SMILES string of the molecule is CS(=O)(=O)N(CCCN1CCCC1)C1CCCN(C(=O)c2ccnnc2)C1. The van der Waals surface area contributed by atoms with E-state index in [-0.39, 0.29) is 11.9 Å². The quantitative estimate of drug-likeness (QED) is 0.680. The zero-order valence-corrected chi connectivity index (χ0v) is 16.8. The van der Waals surface area contributed by atoms with Gasteiger partial charge in [0.1, 0.15) is 0 Å². The van der Waals surface area contributed by atoms with Gasteiger partial charge in [0.25, 0.3) is 5.91 Å². The Hall–Kier alpha value is -1.58. The molecule has 1 amide bonds. The van der Waals surface area contributed by atoms with E-state index < -0.39 is 10.0 Å². The molecule has 1 unspecified atom stereocenters. The molecule has 0 aromatic carbocycles. The lowest BCUT2D eigenvalue weighted by Gasteiger charge is -2.38. The largest absolute Gasteiger partial charge is 0.337 e. The summed E-state index contributed by atoms with van der Waals surface area (Å²) in [6.45, 7) is 4.75. The third-order valence-corrected chi connectivity index (χ3v) is 6.73. The van der Waals surface area contributed by atoms with Gasteiger partial charge >= 0.3 is 0 Å². The van der Waals surface area contributed by atoms with Gasteiger partial charge in [0.15, 0.2) is 0 Å². The summed E-state index contributed by atoms with van der Waals surface area (Å²) in [6.07, 6.45) is 9.11. The molecule has 27 heavy (non-hydrogen) atoms. The number of nitrogens with zero attached hydrogens (tertiary/aromatic N) is 5. The van der Waals surface area contributed by atoms with Gasteiger partial charge in [0.2, 0.25) is 10.0 Å². The lowest BCUT2D eigenvalue weighted by Crippen LogP contribution is -2.52. The van der Waals surface area contributed by atoms with E-state index in [0.717, 1.165) is 38.9 Å². The van der Waals surface area contributed by atoms with Gasteiger partial charge in [0.05, 0.1) is 24.2 Å². The van der Waals surface area contributed by atoms with Gasteiger partial charge in [-0.2, -0.15) is 14.5 Å². The summed E-state index contributed by atoms with van der Waals surface area (Å²) in [5, 5.41) is 7.47. The Morgan fingerprint density at radius 2 is 2.00 bits per heavy atom. The monoisotopic (exact) mass is 395 g/mol. The Kier molecular flexibility index (Phi) is 6.78.